The lowest BCUT2D eigenvalue weighted by atomic mass is 10.0. The lowest BCUT2D eigenvalue weighted by Crippen LogP contribution is -2.23. The van der Waals surface area contributed by atoms with Gasteiger partial charge in [0.05, 0.1) is 7.11 Å². The molecule has 0 unspecified atom stereocenters. The molecule has 14 heavy (non-hydrogen) atoms. The summed E-state index contributed by atoms with van der Waals surface area (Å²) >= 11 is 0. The maximum atomic E-state index is 11.4. The second kappa shape index (κ2) is 4.21. The molecular weight excluding hydrogens is 186 g/mol. The predicted molar refractivity (Wildman–Crippen MR) is 47.4 cm³/mol. The monoisotopic (exact) mass is 199 g/mol. The summed E-state index contributed by atoms with van der Waals surface area (Å²) in [6.45, 7) is 0.411. The second-order valence-corrected chi connectivity index (χ2v) is 3.39. The molecule has 0 N–H and O–H groups in total. The number of likely N-dealkylation sites (tertiary alicyclic amines) is 1. The Morgan fingerprint density at radius 3 is 2.64 bits per heavy atom. The van der Waals surface area contributed by atoms with Gasteiger partial charge in [0, 0.05) is 25.9 Å². The van der Waals surface area contributed by atoms with E-state index in [0.717, 1.165) is 0 Å². The molecule has 0 aromatic heterocycles. The third-order valence-corrected chi connectivity index (χ3v) is 2.34. The Bertz CT molecular complexity index is 274. The molecule has 0 aromatic rings. The van der Waals surface area contributed by atoms with Gasteiger partial charge in [-0.2, -0.15) is 0 Å². The highest BCUT2D eigenvalue weighted by Crippen LogP contribution is 2.18. The SMILES string of the molecule is COC(=O)CC(=O)[C@@H]1CC(=O)N(C)C1. The summed E-state index contributed by atoms with van der Waals surface area (Å²) in [5.74, 6) is -1.15. The van der Waals surface area contributed by atoms with E-state index < -0.39 is 5.97 Å². The van der Waals surface area contributed by atoms with Gasteiger partial charge in [-0.3, -0.25) is 14.4 Å². The van der Waals surface area contributed by atoms with E-state index >= 15 is 0 Å². The Morgan fingerprint density at radius 1 is 1.57 bits per heavy atom. The van der Waals surface area contributed by atoms with E-state index in [9.17, 15) is 14.4 Å². The number of carbonyl (C=O) groups is 3. The van der Waals surface area contributed by atoms with Crippen LogP contribution in [0.15, 0.2) is 0 Å². The molecule has 1 aliphatic heterocycles. The molecule has 1 rings (SSSR count). The number of carbonyl (C=O) groups excluding carboxylic acids is 3. The first kappa shape index (κ1) is 10.7. The van der Waals surface area contributed by atoms with Crippen LogP contribution >= 0.6 is 0 Å². The van der Waals surface area contributed by atoms with Crippen LogP contribution in [0, 0.1) is 5.92 Å². The fourth-order valence-electron chi connectivity index (χ4n) is 1.44. The van der Waals surface area contributed by atoms with Gasteiger partial charge in [0.2, 0.25) is 5.91 Å². The first-order chi connectivity index (χ1) is 6.54. The van der Waals surface area contributed by atoms with Crippen molar-refractivity contribution in [3.63, 3.8) is 0 Å². The van der Waals surface area contributed by atoms with Crippen LogP contribution in [-0.4, -0.2) is 43.3 Å². The fraction of sp³-hybridized carbons (Fsp3) is 0.667. The van der Waals surface area contributed by atoms with Crippen LogP contribution in [0.5, 0.6) is 0 Å². The van der Waals surface area contributed by atoms with Gasteiger partial charge in [0.25, 0.3) is 0 Å². The largest absolute Gasteiger partial charge is 0.469 e. The molecule has 1 heterocycles. The highest BCUT2D eigenvalue weighted by Gasteiger charge is 2.32. The maximum absolute atomic E-state index is 11.4. The van der Waals surface area contributed by atoms with Crippen LogP contribution in [0.2, 0.25) is 0 Å². The topological polar surface area (TPSA) is 63.7 Å². The van der Waals surface area contributed by atoms with Gasteiger partial charge in [0.15, 0.2) is 0 Å². The smallest absolute Gasteiger partial charge is 0.313 e. The number of nitrogens with zero attached hydrogens (tertiary/aromatic N) is 1. The van der Waals surface area contributed by atoms with E-state index in [0.29, 0.717) is 6.54 Å². The number of hydrogen-bond acceptors (Lipinski definition) is 4. The maximum Gasteiger partial charge on any atom is 0.313 e. The molecule has 1 atom stereocenters. The number of ketones is 1. The Balaban J connectivity index is 2.47. The molecular formula is C9H13NO4. The van der Waals surface area contributed by atoms with Crippen LogP contribution in [-0.2, 0) is 19.1 Å². The van der Waals surface area contributed by atoms with Crippen LogP contribution in [0.3, 0.4) is 0 Å². The highest BCUT2D eigenvalue weighted by atomic mass is 16.5. The van der Waals surface area contributed by atoms with Crippen molar-refractivity contribution in [1.29, 1.82) is 0 Å². The standard InChI is InChI=1S/C9H13NO4/c1-10-5-6(3-8(10)12)7(11)4-9(13)14-2/h6H,3-5H2,1-2H3/t6-/m1/s1. The van der Waals surface area contributed by atoms with Crippen molar-refractivity contribution >= 4 is 17.7 Å². The number of Topliss-reactive ketones (excluding diaryl/α,β-unsaturated/α-hetero) is 1. The Kier molecular flexibility index (Phi) is 3.22. The van der Waals surface area contributed by atoms with Crippen LogP contribution in [0.4, 0.5) is 0 Å². The minimum atomic E-state index is -0.544. The molecule has 5 heteroatoms. The highest BCUT2D eigenvalue weighted by molar-refractivity contribution is 5.99. The zero-order chi connectivity index (χ0) is 10.7. The molecule has 78 valence electrons. The predicted octanol–water partition coefficient (Wildman–Crippen LogP) is -0.403. The van der Waals surface area contributed by atoms with Gasteiger partial charge >= 0.3 is 5.97 Å². The Labute approximate surface area is 82.0 Å². The molecule has 0 aromatic carbocycles. The van der Waals surface area contributed by atoms with Gasteiger partial charge < -0.3 is 9.64 Å². The van der Waals surface area contributed by atoms with Crippen molar-refractivity contribution < 1.29 is 19.1 Å². The van der Waals surface area contributed by atoms with E-state index in [2.05, 4.69) is 4.74 Å². The number of hydrogen-bond donors (Lipinski definition) is 0. The quantitative estimate of drug-likeness (QED) is 0.458. The lowest BCUT2D eigenvalue weighted by Gasteiger charge is -2.08. The minimum Gasteiger partial charge on any atom is -0.469 e. The molecule has 1 amide bonds. The van der Waals surface area contributed by atoms with Crippen molar-refractivity contribution in [2.45, 2.75) is 12.8 Å². The number of ether oxygens (including phenoxy) is 1. The zero-order valence-corrected chi connectivity index (χ0v) is 8.28. The molecule has 0 spiro atoms. The number of methoxy groups -OCH3 is 1. The Morgan fingerprint density at radius 2 is 2.21 bits per heavy atom. The summed E-state index contributed by atoms with van der Waals surface area (Å²) in [6, 6.07) is 0. The third-order valence-electron chi connectivity index (χ3n) is 2.34. The van der Waals surface area contributed by atoms with E-state index in [-0.39, 0.29) is 30.4 Å². The summed E-state index contributed by atoms with van der Waals surface area (Å²) in [4.78, 5) is 34.8. The van der Waals surface area contributed by atoms with Gasteiger partial charge in [-0.05, 0) is 0 Å². The molecule has 0 bridgehead atoms. The fourth-order valence-corrected chi connectivity index (χ4v) is 1.44. The third kappa shape index (κ3) is 2.31. The van der Waals surface area contributed by atoms with Crippen LogP contribution in [0.1, 0.15) is 12.8 Å². The molecule has 0 radical (unpaired) electrons. The van der Waals surface area contributed by atoms with Crippen molar-refractivity contribution in [2.24, 2.45) is 5.92 Å². The van der Waals surface area contributed by atoms with E-state index in [1.54, 1.807) is 7.05 Å². The summed E-state index contributed by atoms with van der Waals surface area (Å²) in [5.41, 5.74) is 0. The van der Waals surface area contributed by atoms with Crippen molar-refractivity contribution in [1.82, 2.24) is 4.90 Å². The summed E-state index contributed by atoms with van der Waals surface area (Å²) in [7, 11) is 2.88. The van der Waals surface area contributed by atoms with Crippen molar-refractivity contribution in [3.05, 3.63) is 0 Å². The summed E-state index contributed by atoms with van der Waals surface area (Å²) < 4.78 is 4.38. The van der Waals surface area contributed by atoms with E-state index in [1.807, 2.05) is 0 Å². The van der Waals surface area contributed by atoms with Crippen LogP contribution in [0.25, 0.3) is 0 Å². The van der Waals surface area contributed by atoms with E-state index in [4.69, 9.17) is 0 Å². The molecule has 1 aliphatic rings. The lowest BCUT2D eigenvalue weighted by molar-refractivity contribution is -0.144. The minimum absolute atomic E-state index is 0.0479. The summed E-state index contributed by atoms with van der Waals surface area (Å²) in [6.07, 6.45) is -0.0192. The van der Waals surface area contributed by atoms with E-state index in [1.165, 1.54) is 12.0 Å². The zero-order valence-electron chi connectivity index (χ0n) is 8.28. The summed E-state index contributed by atoms with van der Waals surface area (Å²) in [5, 5.41) is 0. The first-order valence-electron chi connectivity index (χ1n) is 4.38. The number of amides is 1. The first-order valence-corrected chi connectivity index (χ1v) is 4.38. The second-order valence-electron chi connectivity index (χ2n) is 3.39. The normalized spacial score (nSPS) is 21.1. The van der Waals surface area contributed by atoms with Crippen molar-refractivity contribution in [3.8, 4) is 0 Å². The number of rotatable bonds is 3. The molecule has 5 nitrogen and oxygen atoms in total. The number of esters is 1. The molecule has 1 saturated heterocycles. The van der Waals surface area contributed by atoms with Crippen molar-refractivity contribution in [2.75, 3.05) is 20.7 Å². The van der Waals surface area contributed by atoms with Gasteiger partial charge in [-0.1, -0.05) is 0 Å². The van der Waals surface area contributed by atoms with Gasteiger partial charge in [-0.15, -0.1) is 0 Å². The molecule has 1 fully saturated rings. The van der Waals surface area contributed by atoms with Crippen LogP contribution < -0.4 is 0 Å². The average Bonchev–Trinajstić information content (AvgIpc) is 2.47. The molecule has 0 saturated carbocycles. The van der Waals surface area contributed by atoms with Gasteiger partial charge in [0.1, 0.15) is 12.2 Å². The Hall–Kier alpha value is -1.39. The van der Waals surface area contributed by atoms with Gasteiger partial charge in [-0.25, -0.2) is 0 Å². The molecule has 0 aliphatic carbocycles. The average molecular weight is 199 g/mol.